The zero-order valence-corrected chi connectivity index (χ0v) is 50.2. The molecule has 0 bridgehead atoms. The minimum absolute atomic E-state index is 0.00763. The molecule has 0 aromatic rings. The van der Waals surface area contributed by atoms with Gasteiger partial charge in [-0.25, -0.2) is 4.79 Å². The number of hydrogen-bond donors (Lipinski definition) is 3. The summed E-state index contributed by atoms with van der Waals surface area (Å²) >= 11 is 0. The van der Waals surface area contributed by atoms with E-state index in [1.807, 2.05) is 6.08 Å². The van der Waals surface area contributed by atoms with Crippen LogP contribution < -0.4 is 0 Å². The summed E-state index contributed by atoms with van der Waals surface area (Å²) in [5, 5.41) is 31.6. The fourth-order valence-corrected chi connectivity index (χ4v) is 8.48. The molecule has 1 heterocycles. The number of rotatable bonds is 51. The Morgan fingerprint density at radius 1 is 0.420 bits per heavy atom. The van der Waals surface area contributed by atoms with Gasteiger partial charge in [-0.15, -0.1) is 0 Å². The van der Waals surface area contributed by atoms with Gasteiger partial charge in [0.25, 0.3) is 0 Å². The van der Waals surface area contributed by atoms with Crippen LogP contribution in [0.25, 0.3) is 0 Å². The molecule has 0 amide bonds. The zero-order chi connectivity index (χ0) is 58.9. The number of aliphatic hydroxyl groups is 2. The van der Waals surface area contributed by atoms with E-state index in [2.05, 4.69) is 148 Å². The van der Waals surface area contributed by atoms with Gasteiger partial charge in [0.1, 0.15) is 18.8 Å². The predicted molar refractivity (Wildman–Crippen MR) is 330 cm³/mol. The fourth-order valence-electron chi connectivity index (χ4n) is 8.48. The Bertz CT molecular complexity index is 1920. The quantitative estimate of drug-likeness (QED) is 0.0228. The Labute approximate surface area is 490 Å². The second-order valence-corrected chi connectivity index (χ2v) is 20.6. The first kappa shape index (κ1) is 73.9. The van der Waals surface area contributed by atoms with Gasteiger partial charge in [0.15, 0.2) is 24.6 Å². The van der Waals surface area contributed by atoms with Crippen molar-refractivity contribution in [2.75, 3.05) is 13.2 Å². The highest BCUT2D eigenvalue weighted by Gasteiger charge is 2.50. The average molecular weight is 1130 g/mol. The summed E-state index contributed by atoms with van der Waals surface area (Å²) in [6.45, 7) is 5.69. The monoisotopic (exact) mass is 1130 g/mol. The van der Waals surface area contributed by atoms with E-state index >= 15 is 0 Å². The molecule has 1 rings (SSSR count). The number of carboxylic acids is 1. The number of aliphatic hydroxyl groups excluding tert-OH is 2. The van der Waals surface area contributed by atoms with Crippen molar-refractivity contribution in [1.82, 2.24) is 0 Å². The maximum Gasteiger partial charge on any atom is 0.335 e. The topological polar surface area (TPSA) is 175 Å². The second-order valence-electron chi connectivity index (χ2n) is 20.6. The highest BCUT2D eigenvalue weighted by Crippen LogP contribution is 2.26. The van der Waals surface area contributed by atoms with Gasteiger partial charge in [-0.05, 0) is 128 Å². The first-order valence-corrected chi connectivity index (χ1v) is 31.2. The number of allylic oxidation sites excluding steroid dienone is 22. The molecule has 3 N–H and O–H groups in total. The molecule has 0 aliphatic carbocycles. The Morgan fingerprint density at radius 3 is 1.25 bits per heavy atom. The van der Waals surface area contributed by atoms with Crippen LogP contribution in [0.2, 0.25) is 0 Å². The van der Waals surface area contributed by atoms with Crippen molar-refractivity contribution >= 4 is 23.9 Å². The van der Waals surface area contributed by atoms with Crippen LogP contribution in [0.4, 0.5) is 0 Å². The van der Waals surface area contributed by atoms with E-state index in [-0.39, 0.29) is 25.9 Å². The maximum atomic E-state index is 13.2. The summed E-state index contributed by atoms with van der Waals surface area (Å²) < 4.78 is 28.4. The first-order valence-electron chi connectivity index (χ1n) is 31.2. The Hall–Kier alpha value is -5.14. The zero-order valence-electron chi connectivity index (χ0n) is 50.2. The third-order valence-corrected chi connectivity index (χ3v) is 13.2. The Balaban J connectivity index is 2.75. The molecule has 0 radical (unpaired) electrons. The van der Waals surface area contributed by atoms with E-state index in [4.69, 9.17) is 23.7 Å². The Morgan fingerprint density at radius 2 is 0.790 bits per heavy atom. The number of unbranched alkanes of at least 4 members (excludes halogenated alkanes) is 15. The number of hydrogen-bond acceptors (Lipinski definition) is 11. The lowest BCUT2D eigenvalue weighted by Crippen LogP contribution is -2.61. The summed E-state index contributed by atoms with van der Waals surface area (Å²) in [5.74, 6) is -3.27. The standard InChI is InChI=1S/C69H108O12/c1-4-7-10-13-16-19-22-25-28-30-31-33-36-39-42-45-48-51-54-57-63(72)80-67-65(74)64(73)66(68(75)76)81-69(67)78-59-60(79-62(71)56-53-50-47-44-41-38-34-27-24-21-18-15-12-9-6-3)58-77-61(70)55-52-49-46-43-40-37-35-32-29-26-23-20-17-14-11-8-5-2/h7-8,10-11,16-17,19-20,25-29,31,33-35,37,39,42-43,46,60,64-67,69,73-74H,4-6,9,12-15,18,21-24,30,32,36,38,40-41,44-45,47-59H2,1-3H3,(H,75,76)/b10-7-,11-8-,19-16-,20-17-,28-25-,29-26-,33-31-,34-27-,37-35-,42-39-,46-43-. The van der Waals surface area contributed by atoms with Crippen LogP contribution in [0, 0.1) is 0 Å². The maximum absolute atomic E-state index is 13.2. The van der Waals surface area contributed by atoms with Crippen molar-refractivity contribution in [2.24, 2.45) is 0 Å². The molecule has 6 unspecified atom stereocenters. The van der Waals surface area contributed by atoms with E-state index in [0.717, 1.165) is 122 Å². The number of aliphatic carboxylic acids is 1. The number of esters is 3. The lowest BCUT2D eigenvalue weighted by atomic mass is 9.98. The van der Waals surface area contributed by atoms with Gasteiger partial charge < -0.3 is 39.0 Å². The normalized spacial score (nSPS) is 18.7. The van der Waals surface area contributed by atoms with Crippen LogP contribution in [0.5, 0.6) is 0 Å². The molecule has 0 aromatic heterocycles. The lowest BCUT2D eigenvalue weighted by Gasteiger charge is -2.40. The summed E-state index contributed by atoms with van der Waals surface area (Å²) in [6.07, 6.45) is 65.6. The van der Waals surface area contributed by atoms with Gasteiger partial charge in [0.2, 0.25) is 0 Å². The van der Waals surface area contributed by atoms with Gasteiger partial charge in [-0.1, -0.05) is 212 Å². The highest BCUT2D eigenvalue weighted by molar-refractivity contribution is 5.74. The molecule has 456 valence electrons. The van der Waals surface area contributed by atoms with Crippen LogP contribution in [0.15, 0.2) is 134 Å². The van der Waals surface area contributed by atoms with E-state index < -0.39 is 67.3 Å². The van der Waals surface area contributed by atoms with Gasteiger partial charge >= 0.3 is 23.9 Å². The van der Waals surface area contributed by atoms with Crippen LogP contribution in [0.1, 0.15) is 226 Å². The van der Waals surface area contributed by atoms with Crippen molar-refractivity contribution in [3.63, 3.8) is 0 Å². The molecule has 1 fully saturated rings. The minimum atomic E-state index is -1.93. The lowest BCUT2D eigenvalue weighted by molar-refractivity contribution is -0.301. The summed E-state index contributed by atoms with van der Waals surface area (Å²) in [7, 11) is 0. The predicted octanol–water partition coefficient (Wildman–Crippen LogP) is 16.6. The molecule has 1 aliphatic heterocycles. The molecule has 1 aliphatic rings. The van der Waals surface area contributed by atoms with E-state index in [1.165, 1.54) is 38.5 Å². The second kappa shape index (κ2) is 55.4. The summed E-state index contributed by atoms with van der Waals surface area (Å²) in [4.78, 5) is 51.2. The number of carbonyl (C=O) groups excluding carboxylic acids is 3. The first-order chi connectivity index (χ1) is 39.6. The summed E-state index contributed by atoms with van der Waals surface area (Å²) in [5.41, 5.74) is 0. The van der Waals surface area contributed by atoms with E-state index in [0.29, 0.717) is 25.7 Å². The van der Waals surface area contributed by atoms with Gasteiger partial charge in [-0.3, -0.25) is 14.4 Å². The molecular weight excluding hydrogens is 1020 g/mol. The molecule has 12 nitrogen and oxygen atoms in total. The minimum Gasteiger partial charge on any atom is -0.479 e. The van der Waals surface area contributed by atoms with Gasteiger partial charge in [-0.2, -0.15) is 0 Å². The molecule has 0 aromatic carbocycles. The van der Waals surface area contributed by atoms with Crippen molar-refractivity contribution in [1.29, 1.82) is 0 Å². The van der Waals surface area contributed by atoms with E-state index in [1.54, 1.807) is 0 Å². The largest absolute Gasteiger partial charge is 0.479 e. The molecule has 6 atom stereocenters. The van der Waals surface area contributed by atoms with Gasteiger partial charge in [0.05, 0.1) is 6.61 Å². The molecule has 0 spiro atoms. The van der Waals surface area contributed by atoms with Crippen LogP contribution in [0.3, 0.4) is 0 Å². The van der Waals surface area contributed by atoms with Crippen LogP contribution in [-0.4, -0.2) is 89.2 Å². The van der Waals surface area contributed by atoms with Crippen molar-refractivity contribution in [3.8, 4) is 0 Å². The third kappa shape index (κ3) is 45.1. The highest BCUT2D eigenvalue weighted by atomic mass is 16.7. The third-order valence-electron chi connectivity index (χ3n) is 13.2. The van der Waals surface area contributed by atoms with Crippen LogP contribution >= 0.6 is 0 Å². The van der Waals surface area contributed by atoms with Crippen molar-refractivity contribution in [2.45, 2.75) is 263 Å². The fraction of sp³-hybridized carbons (Fsp3) is 0.623. The molecule has 1 saturated heterocycles. The Kier molecular flexibility index (Phi) is 50.5. The molecular formula is C69H108O12. The number of carboxylic acid groups (broad SMARTS) is 1. The SMILES string of the molecule is CC/C=C\C/C=C\C/C=C\C/C=C\C/C=C\CCCCCC(=O)OC1C(OCC(COC(=O)CCC/C=C\C/C=C\C/C=C\C/C=C\C/C=C\CC)OC(=O)CCCCCCC/C=C\CCCCCCCC)OC(C(=O)O)C(O)C1O. The van der Waals surface area contributed by atoms with Gasteiger partial charge in [0, 0.05) is 19.3 Å². The summed E-state index contributed by atoms with van der Waals surface area (Å²) in [6, 6.07) is 0. The molecule has 81 heavy (non-hydrogen) atoms. The number of carbonyl (C=O) groups is 4. The number of ether oxygens (including phenoxy) is 5. The molecule has 0 saturated carbocycles. The van der Waals surface area contributed by atoms with E-state index in [9.17, 15) is 34.5 Å². The van der Waals surface area contributed by atoms with Crippen LogP contribution in [-0.2, 0) is 42.9 Å². The van der Waals surface area contributed by atoms with Crippen molar-refractivity contribution in [3.05, 3.63) is 134 Å². The van der Waals surface area contributed by atoms with Crippen molar-refractivity contribution < 1.29 is 58.2 Å². The average Bonchev–Trinajstić information content (AvgIpc) is 3.54. The smallest absolute Gasteiger partial charge is 0.335 e. The molecule has 12 heteroatoms.